The maximum atomic E-state index is 13.6. The van der Waals surface area contributed by atoms with Gasteiger partial charge < -0.3 is 5.32 Å². The number of amides is 1. The fourth-order valence-corrected chi connectivity index (χ4v) is 3.00. The van der Waals surface area contributed by atoms with E-state index in [0.29, 0.717) is 18.4 Å². The van der Waals surface area contributed by atoms with E-state index in [2.05, 4.69) is 5.32 Å². The molecule has 7 heteroatoms. The summed E-state index contributed by atoms with van der Waals surface area (Å²) in [5.41, 5.74) is 0.477. The van der Waals surface area contributed by atoms with Crippen LogP contribution in [0, 0.1) is 11.7 Å². The van der Waals surface area contributed by atoms with E-state index >= 15 is 0 Å². The summed E-state index contributed by atoms with van der Waals surface area (Å²) in [6.45, 7) is 4.49. The summed E-state index contributed by atoms with van der Waals surface area (Å²) in [6, 6.07) is 6.30. The van der Waals surface area contributed by atoms with Crippen LogP contribution in [0.15, 0.2) is 24.3 Å². The largest absolute Gasteiger partial charge is 0.355 e. The molecule has 0 saturated carbocycles. The van der Waals surface area contributed by atoms with Crippen molar-refractivity contribution in [2.45, 2.75) is 26.7 Å². The number of benzene rings is 1. The van der Waals surface area contributed by atoms with Crippen LogP contribution in [0.4, 0.5) is 4.39 Å². The zero-order valence-corrected chi connectivity index (χ0v) is 14.7. The van der Waals surface area contributed by atoms with Crippen LogP contribution in [0.2, 0.25) is 0 Å². The summed E-state index contributed by atoms with van der Waals surface area (Å²) in [4.78, 5) is 11.6. The second-order valence-electron chi connectivity index (χ2n) is 5.95. The number of rotatable bonds is 9. The van der Waals surface area contributed by atoms with Gasteiger partial charge in [0.25, 0.3) is 0 Å². The van der Waals surface area contributed by atoms with E-state index in [1.807, 2.05) is 13.8 Å². The number of carbonyl (C=O) groups excluding carboxylic acids is 1. The summed E-state index contributed by atoms with van der Waals surface area (Å²) in [6.07, 6.45) is 1.82. The van der Waals surface area contributed by atoms with Gasteiger partial charge in [0.15, 0.2) is 0 Å². The van der Waals surface area contributed by atoms with Gasteiger partial charge in [-0.15, -0.1) is 0 Å². The summed E-state index contributed by atoms with van der Waals surface area (Å²) in [5, 5.41) is 2.71. The molecular formula is C16H25FN2O3S. The smallest absolute Gasteiger partial charge is 0.220 e. The molecule has 0 aliphatic rings. The summed E-state index contributed by atoms with van der Waals surface area (Å²) < 4.78 is 38.5. The highest BCUT2D eigenvalue weighted by atomic mass is 32.2. The molecule has 0 aliphatic carbocycles. The molecule has 130 valence electrons. The van der Waals surface area contributed by atoms with Crippen molar-refractivity contribution in [3.63, 3.8) is 0 Å². The number of nitrogens with zero attached hydrogens (tertiary/aromatic N) is 1. The predicted octanol–water partition coefficient (Wildman–Crippen LogP) is 1.79. The molecule has 0 fully saturated rings. The van der Waals surface area contributed by atoms with Crippen molar-refractivity contribution in [2.24, 2.45) is 5.92 Å². The van der Waals surface area contributed by atoms with E-state index < -0.39 is 10.0 Å². The molecule has 0 spiro atoms. The highest BCUT2D eigenvalue weighted by Gasteiger charge is 2.17. The minimum absolute atomic E-state index is 0.0949. The molecular weight excluding hydrogens is 319 g/mol. The molecule has 1 aromatic carbocycles. The van der Waals surface area contributed by atoms with Gasteiger partial charge in [-0.1, -0.05) is 32.0 Å². The lowest BCUT2D eigenvalue weighted by atomic mass is 10.1. The van der Waals surface area contributed by atoms with Crippen molar-refractivity contribution in [1.29, 1.82) is 0 Å². The predicted molar refractivity (Wildman–Crippen MR) is 89.0 cm³/mol. The van der Waals surface area contributed by atoms with Crippen molar-refractivity contribution in [3.8, 4) is 0 Å². The van der Waals surface area contributed by atoms with Gasteiger partial charge >= 0.3 is 0 Å². The van der Waals surface area contributed by atoms with Crippen LogP contribution >= 0.6 is 0 Å². The van der Waals surface area contributed by atoms with Crippen molar-refractivity contribution in [1.82, 2.24) is 9.62 Å². The maximum absolute atomic E-state index is 13.6. The molecule has 0 atom stereocenters. The molecule has 1 rings (SSSR count). The molecule has 1 N–H and O–H groups in total. The van der Waals surface area contributed by atoms with Gasteiger partial charge in [-0.25, -0.2) is 17.1 Å². The van der Waals surface area contributed by atoms with Gasteiger partial charge in [-0.3, -0.25) is 4.79 Å². The zero-order valence-electron chi connectivity index (χ0n) is 13.9. The number of hydrogen-bond acceptors (Lipinski definition) is 3. The van der Waals surface area contributed by atoms with Gasteiger partial charge in [-0.05, 0) is 24.0 Å². The Morgan fingerprint density at radius 1 is 1.26 bits per heavy atom. The SMILES string of the molecule is CC(C)CC(=O)NCCN(CCc1ccccc1F)S(C)(=O)=O. The Labute approximate surface area is 137 Å². The first kappa shape index (κ1) is 19.6. The molecule has 0 heterocycles. The Bertz CT molecular complexity index is 618. The normalized spacial score (nSPS) is 11.9. The van der Waals surface area contributed by atoms with Gasteiger partial charge in [0.1, 0.15) is 5.82 Å². The molecule has 1 aromatic rings. The minimum Gasteiger partial charge on any atom is -0.355 e. The molecule has 0 radical (unpaired) electrons. The third-order valence-corrected chi connectivity index (χ3v) is 4.64. The van der Waals surface area contributed by atoms with E-state index in [4.69, 9.17) is 0 Å². The fraction of sp³-hybridized carbons (Fsp3) is 0.562. The number of nitrogens with one attached hydrogen (secondary N) is 1. The molecule has 0 unspecified atom stereocenters. The molecule has 0 aromatic heterocycles. The van der Waals surface area contributed by atoms with E-state index in [-0.39, 0.29) is 37.3 Å². The first-order valence-corrected chi connectivity index (χ1v) is 9.50. The maximum Gasteiger partial charge on any atom is 0.220 e. The lowest BCUT2D eigenvalue weighted by Gasteiger charge is -2.20. The van der Waals surface area contributed by atoms with Gasteiger partial charge in [0.05, 0.1) is 6.26 Å². The Morgan fingerprint density at radius 2 is 1.91 bits per heavy atom. The van der Waals surface area contributed by atoms with Gasteiger partial charge in [0, 0.05) is 26.1 Å². The highest BCUT2D eigenvalue weighted by molar-refractivity contribution is 7.88. The number of carbonyl (C=O) groups is 1. The minimum atomic E-state index is -3.41. The van der Waals surface area contributed by atoms with E-state index in [0.717, 1.165) is 6.26 Å². The van der Waals surface area contributed by atoms with Crippen molar-refractivity contribution in [3.05, 3.63) is 35.6 Å². The van der Waals surface area contributed by atoms with Gasteiger partial charge in [0.2, 0.25) is 15.9 Å². The van der Waals surface area contributed by atoms with E-state index in [1.54, 1.807) is 18.2 Å². The third kappa shape index (κ3) is 7.56. The second-order valence-corrected chi connectivity index (χ2v) is 7.93. The summed E-state index contributed by atoms with van der Waals surface area (Å²) >= 11 is 0. The van der Waals surface area contributed by atoms with Crippen LogP contribution in [0.5, 0.6) is 0 Å². The van der Waals surface area contributed by atoms with Crippen LogP contribution in [0.3, 0.4) is 0 Å². The lowest BCUT2D eigenvalue weighted by molar-refractivity contribution is -0.121. The molecule has 1 amide bonds. The zero-order chi connectivity index (χ0) is 17.5. The van der Waals surface area contributed by atoms with Crippen LogP contribution in [0.1, 0.15) is 25.8 Å². The van der Waals surface area contributed by atoms with Crippen LogP contribution in [-0.4, -0.2) is 44.5 Å². The first-order valence-electron chi connectivity index (χ1n) is 7.65. The average molecular weight is 344 g/mol. The van der Waals surface area contributed by atoms with Crippen molar-refractivity contribution >= 4 is 15.9 Å². The highest BCUT2D eigenvalue weighted by Crippen LogP contribution is 2.09. The van der Waals surface area contributed by atoms with Gasteiger partial charge in [-0.2, -0.15) is 0 Å². The summed E-state index contributed by atoms with van der Waals surface area (Å²) in [7, 11) is -3.41. The first-order chi connectivity index (χ1) is 10.7. The Hall–Kier alpha value is -1.47. The topological polar surface area (TPSA) is 66.5 Å². The Kier molecular flexibility index (Phi) is 7.64. The number of hydrogen-bond donors (Lipinski definition) is 1. The molecule has 23 heavy (non-hydrogen) atoms. The average Bonchev–Trinajstić information content (AvgIpc) is 2.42. The monoisotopic (exact) mass is 344 g/mol. The van der Waals surface area contributed by atoms with E-state index in [9.17, 15) is 17.6 Å². The molecule has 0 aliphatic heterocycles. The summed E-state index contributed by atoms with van der Waals surface area (Å²) in [5.74, 6) is -0.184. The Balaban J connectivity index is 2.54. The van der Waals surface area contributed by atoms with Crippen LogP contribution in [0.25, 0.3) is 0 Å². The van der Waals surface area contributed by atoms with Crippen molar-refractivity contribution < 1.29 is 17.6 Å². The van der Waals surface area contributed by atoms with Crippen molar-refractivity contribution in [2.75, 3.05) is 25.9 Å². The van der Waals surface area contributed by atoms with E-state index in [1.165, 1.54) is 10.4 Å². The fourth-order valence-electron chi connectivity index (χ4n) is 2.15. The molecule has 0 bridgehead atoms. The standard InChI is InChI=1S/C16H25FN2O3S/c1-13(2)12-16(20)18-9-11-19(23(3,21)22)10-8-14-6-4-5-7-15(14)17/h4-7,13H,8-12H2,1-3H3,(H,18,20). The second kappa shape index (κ2) is 8.98. The lowest BCUT2D eigenvalue weighted by Crippen LogP contribution is -2.39. The van der Waals surface area contributed by atoms with Crippen LogP contribution < -0.4 is 5.32 Å². The molecule has 5 nitrogen and oxygen atoms in total. The number of halogens is 1. The Morgan fingerprint density at radius 3 is 2.48 bits per heavy atom. The van der Waals surface area contributed by atoms with Crippen LogP contribution in [-0.2, 0) is 21.2 Å². The third-order valence-electron chi connectivity index (χ3n) is 3.33. The molecule has 0 saturated heterocycles. The number of sulfonamides is 1. The quantitative estimate of drug-likeness (QED) is 0.743.